The Hall–Kier alpha value is -1.02. The first kappa shape index (κ1) is 14.4. The zero-order chi connectivity index (χ0) is 14.0. The molecule has 0 aliphatic carbocycles. The summed E-state index contributed by atoms with van der Waals surface area (Å²) in [5.74, 6) is 0.701. The van der Waals surface area contributed by atoms with Crippen molar-refractivity contribution in [3.05, 3.63) is 29.8 Å². The van der Waals surface area contributed by atoms with Gasteiger partial charge in [0.25, 0.3) is 0 Å². The van der Waals surface area contributed by atoms with Crippen LogP contribution in [0.3, 0.4) is 0 Å². The summed E-state index contributed by atoms with van der Waals surface area (Å²) in [7, 11) is 0. The molecule has 1 aliphatic heterocycles. The van der Waals surface area contributed by atoms with Crippen LogP contribution < -0.4 is 10.2 Å². The summed E-state index contributed by atoms with van der Waals surface area (Å²) in [5, 5.41) is 3.59. The molecule has 2 heteroatoms. The number of anilines is 1. The largest absolute Gasteiger partial charge is 0.370 e. The monoisotopic (exact) mass is 260 g/mol. The van der Waals surface area contributed by atoms with Crippen LogP contribution >= 0.6 is 0 Å². The lowest BCUT2D eigenvalue weighted by Gasteiger charge is -2.27. The predicted molar refractivity (Wildman–Crippen MR) is 84.0 cm³/mol. The highest BCUT2D eigenvalue weighted by Crippen LogP contribution is 2.25. The highest BCUT2D eigenvalue weighted by atomic mass is 15.2. The second kappa shape index (κ2) is 5.54. The average Bonchev–Trinajstić information content (AvgIpc) is 2.50. The van der Waals surface area contributed by atoms with E-state index >= 15 is 0 Å². The molecular formula is C17H28N2. The molecule has 0 saturated carbocycles. The molecule has 1 aromatic rings. The van der Waals surface area contributed by atoms with Crippen molar-refractivity contribution < 1.29 is 0 Å². The maximum atomic E-state index is 3.59. The van der Waals surface area contributed by atoms with Crippen LogP contribution in [-0.4, -0.2) is 25.7 Å². The standard InChI is InChI=1S/C17H28N2/c1-13-10-18-14(2)12-19(11-13)16-8-6-15(7-9-16)17(3,4)5/h6-9,13-14,18H,10-12H2,1-5H3. The maximum Gasteiger partial charge on any atom is 0.0367 e. The van der Waals surface area contributed by atoms with Crippen LogP contribution in [0.15, 0.2) is 24.3 Å². The Morgan fingerprint density at radius 3 is 2.26 bits per heavy atom. The molecule has 2 rings (SSSR count). The number of hydrogen-bond acceptors (Lipinski definition) is 2. The lowest BCUT2D eigenvalue weighted by atomic mass is 9.87. The van der Waals surface area contributed by atoms with Gasteiger partial charge in [0.2, 0.25) is 0 Å². The van der Waals surface area contributed by atoms with Gasteiger partial charge in [-0.1, -0.05) is 39.8 Å². The summed E-state index contributed by atoms with van der Waals surface area (Å²) in [6.07, 6.45) is 0. The zero-order valence-electron chi connectivity index (χ0n) is 13.0. The van der Waals surface area contributed by atoms with Crippen LogP contribution in [0.2, 0.25) is 0 Å². The fraction of sp³-hybridized carbons (Fsp3) is 0.647. The van der Waals surface area contributed by atoms with E-state index in [1.54, 1.807) is 0 Å². The van der Waals surface area contributed by atoms with Crippen molar-refractivity contribution in [1.29, 1.82) is 0 Å². The number of hydrogen-bond donors (Lipinski definition) is 1. The SMILES string of the molecule is CC1CNC(C)CN(c2ccc(C(C)(C)C)cc2)C1. The van der Waals surface area contributed by atoms with E-state index in [0.29, 0.717) is 12.0 Å². The van der Waals surface area contributed by atoms with E-state index in [4.69, 9.17) is 0 Å². The van der Waals surface area contributed by atoms with Gasteiger partial charge in [0.15, 0.2) is 0 Å². The Labute approximate surface area is 118 Å². The Balaban J connectivity index is 2.16. The highest BCUT2D eigenvalue weighted by Gasteiger charge is 2.19. The molecule has 1 aliphatic rings. The fourth-order valence-electron chi connectivity index (χ4n) is 2.70. The maximum absolute atomic E-state index is 3.59. The third-order valence-electron chi connectivity index (χ3n) is 3.94. The molecule has 1 aromatic carbocycles. The molecule has 2 unspecified atom stereocenters. The van der Waals surface area contributed by atoms with Gasteiger partial charge >= 0.3 is 0 Å². The van der Waals surface area contributed by atoms with Gasteiger partial charge in [-0.2, -0.15) is 0 Å². The van der Waals surface area contributed by atoms with Crippen LogP contribution in [0.4, 0.5) is 5.69 Å². The van der Waals surface area contributed by atoms with E-state index in [9.17, 15) is 0 Å². The van der Waals surface area contributed by atoms with Crippen LogP contribution in [0.1, 0.15) is 40.2 Å². The zero-order valence-corrected chi connectivity index (χ0v) is 13.0. The summed E-state index contributed by atoms with van der Waals surface area (Å²) in [5.41, 5.74) is 3.00. The lowest BCUT2D eigenvalue weighted by Crippen LogP contribution is -2.35. The third kappa shape index (κ3) is 3.73. The van der Waals surface area contributed by atoms with Gasteiger partial charge in [-0.05, 0) is 42.5 Å². The Morgan fingerprint density at radius 1 is 1.05 bits per heavy atom. The molecule has 0 bridgehead atoms. The van der Waals surface area contributed by atoms with Crippen molar-refractivity contribution in [2.24, 2.45) is 5.92 Å². The van der Waals surface area contributed by atoms with E-state index in [2.05, 4.69) is 69.1 Å². The number of nitrogens with one attached hydrogen (secondary N) is 1. The van der Waals surface area contributed by atoms with Gasteiger partial charge in [-0.25, -0.2) is 0 Å². The van der Waals surface area contributed by atoms with Crippen LogP contribution in [0.25, 0.3) is 0 Å². The lowest BCUT2D eigenvalue weighted by molar-refractivity contribution is 0.525. The molecule has 2 atom stereocenters. The minimum Gasteiger partial charge on any atom is -0.370 e. The molecule has 0 spiro atoms. The quantitative estimate of drug-likeness (QED) is 0.832. The van der Waals surface area contributed by atoms with Crippen molar-refractivity contribution in [2.75, 3.05) is 24.5 Å². The van der Waals surface area contributed by atoms with Gasteiger partial charge in [-0.3, -0.25) is 0 Å². The summed E-state index contributed by atoms with van der Waals surface area (Å²) in [6, 6.07) is 9.69. The number of rotatable bonds is 1. The first-order valence-electron chi connectivity index (χ1n) is 7.45. The number of nitrogens with zero attached hydrogens (tertiary/aromatic N) is 1. The molecule has 1 saturated heterocycles. The van der Waals surface area contributed by atoms with E-state index in [1.165, 1.54) is 11.3 Å². The molecule has 1 N–H and O–H groups in total. The van der Waals surface area contributed by atoms with Crippen molar-refractivity contribution in [2.45, 2.75) is 46.1 Å². The Bertz CT molecular complexity index is 390. The second-order valence-corrected chi connectivity index (χ2v) is 7.12. The van der Waals surface area contributed by atoms with Gasteiger partial charge in [0.1, 0.15) is 0 Å². The Morgan fingerprint density at radius 2 is 1.68 bits per heavy atom. The smallest absolute Gasteiger partial charge is 0.0367 e. The molecule has 0 aromatic heterocycles. The van der Waals surface area contributed by atoms with Crippen molar-refractivity contribution in [3.8, 4) is 0 Å². The predicted octanol–water partition coefficient (Wildman–Crippen LogP) is 3.42. The topological polar surface area (TPSA) is 15.3 Å². The summed E-state index contributed by atoms with van der Waals surface area (Å²) in [4.78, 5) is 2.52. The summed E-state index contributed by atoms with van der Waals surface area (Å²) in [6.45, 7) is 14.8. The first-order chi connectivity index (χ1) is 8.86. The molecule has 0 amide bonds. The highest BCUT2D eigenvalue weighted by molar-refractivity contribution is 5.49. The van der Waals surface area contributed by atoms with Crippen molar-refractivity contribution >= 4 is 5.69 Å². The van der Waals surface area contributed by atoms with Gasteiger partial charge in [0, 0.05) is 24.8 Å². The second-order valence-electron chi connectivity index (χ2n) is 7.12. The van der Waals surface area contributed by atoms with Crippen LogP contribution in [-0.2, 0) is 5.41 Å². The van der Waals surface area contributed by atoms with E-state index in [1.807, 2.05) is 0 Å². The molecule has 106 valence electrons. The minimum atomic E-state index is 0.236. The van der Waals surface area contributed by atoms with E-state index in [-0.39, 0.29) is 5.41 Å². The van der Waals surface area contributed by atoms with Crippen molar-refractivity contribution in [1.82, 2.24) is 5.32 Å². The third-order valence-corrected chi connectivity index (χ3v) is 3.94. The summed E-state index contributed by atoms with van der Waals surface area (Å²) < 4.78 is 0. The number of benzene rings is 1. The fourth-order valence-corrected chi connectivity index (χ4v) is 2.70. The Kier molecular flexibility index (Phi) is 4.19. The molecular weight excluding hydrogens is 232 g/mol. The van der Waals surface area contributed by atoms with Crippen LogP contribution in [0, 0.1) is 5.92 Å². The molecule has 2 nitrogen and oxygen atoms in total. The van der Waals surface area contributed by atoms with Gasteiger partial charge in [-0.15, -0.1) is 0 Å². The normalized spacial score (nSPS) is 25.2. The molecule has 0 radical (unpaired) electrons. The van der Waals surface area contributed by atoms with E-state index < -0.39 is 0 Å². The van der Waals surface area contributed by atoms with Gasteiger partial charge in [0.05, 0.1) is 0 Å². The summed E-state index contributed by atoms with van der Waals surface area (Å²) >= 11 is 0. The van der Waals surface area contributed by atoms with Crippen molar-refractivity contribution in [3.63, 3.8) is 0 Å². The molecule has 19 heavy (non-hydrogen) atoms. The van der Waals surface area contributed by atoms with Crippen LogP contribution in [0.5, 0.6) is 0 Å². The minimum absolute atomic E-state index is 0.236. The van der Waals surface area contributed by atoms with E-state index in [0.717, 1.165) is 19.6 Å². The molecule has 1 fully saturated rings. The molecule has 1 heterocycles. The first-order valence-corrected chi connectivity index (χ1v) is 7.45. The average molecular weight is 260 g/mol. The van der Waals surface area contributed by atoms with Gasteiger partial charge < -0.3 is 10.2 Å².